The standard InChI is InChI=1S/C20H28N4O4/c1-5-22-8-10-23(11-9-22)17(25)13-24-18(26)20(3,21-19(24)27)15-6-7-16(28-4)14(2)12-15/h6-7,12H,5,8-11,13H2,1-4H3,(H,21,27). The molecular formula is C20H28N4O4. The Morgan fingerprint density at radius 1 is 1.21 bits per heavy atom. The first-order chi connectivity index (χ1) is 13.3. The number of imide groups is 1. The number of carbonyl (C=O) groups excluding carboxylic acids is 3. The van der Waals surface area contributed by atoms with Crippen LogP contribution >= 0.6 is 0 Å². The van der Waals surface area contributed by atoms with Crippen LogP contribution in [-0.2, 0) is 15.1 Å². The Kier molecular flexibility index (Phi) is 5.60. The molecule has 0 saturated carbocycles. The van der Waals surface area contributed by atoms with Gasteiger partial charge >= 0.3 is 6.03 Å². The number of methoxy groups -OCH3 is 1. The molecule has 8 nitrogen and oxygen atoms in total. The third kappa shape index (κ3) is 3.56. The number of aryl methyl sites for hydroxylation is 1. The zero-order valence-electron chi connectivity index (χ0n) is 16.9. The third-order valence-electron chi connectivity index (χ3n) is 5.71. The van der Waals surface area contributed by atoms with Crippen molar-refractivity contribution in [1.82, 2.24) is 20.0 Å². The lowest BCUT2D eigenvalue weighted by Crippen LogP contribution is -2.52. The summed E-state index contributed by atoms with van der Waals surface area (Å²) in [7, 11) is 1.58. The number of piperazine rings is 1. The van der Waals surface area contributed by atoms with Crippen LogP contribution in [0.3, 0.4) is 0 Å². The number of likely N-dealkylation sites (N-methyl/N-ethyl adjacent to an activating group) is 1. The van der Waals surface area contributed by atoms with Gasteiger partial charge in [0, 0.05) is 26.2 Å². The van der Waals surface area contributed by atoms with Crippen LogP contribution in [0, 0.1) is 6.92 Å². The molecule has 1 N–H and O–H groups in total. The number of hydrogen-bond donors (Lipinski definition) is 1. The second-order valence-electron chi connectivity index (χ2n) is 7.45. The van der Waals surface area contributed by atoms with Crippen LogP contribution < -0.4 is 10.1 Å². The fourth-order valence-corrected chi connectivity index (χ4v) is 3.77. The average molecular weight is 388 g/mol. The maximum Gasteiger partial charge on any atom is 0.325 e. The highest BCUT2D eigenvalue weighted by atomic mass is 16.5. The topological polar surface area (TPSA) is 82.2 Å². The normalized spacial score (nSPS) is 23.1. The molecule has 2 heterocycles. The predicted molar refractivity (Wildman–Crippen MR) is 104 cm³/mol. The van der Waals surface area contributed by atoms with E-state index < -0.39 is 17.5 Å². The fraction of sp³-hybridized carbons (Fsp3) is 0.550. The van der Waals surface area contributed by atoms with Crippen LogP contribution in [0.4, 0.5) is 4.79 Å². The van der Waals surface area contributed by atoms with Gasteiger partial charge in [-0.25, -0.2) is 4.79 Å². The summed E-state index contributed by atoms with van der Waals surface area (Å²) in [5.41, 5.74) is 0.331. The Morgan fingerprint density at radius 3 is 2.46 bits per heavy atom. The molecule has 1 aromatic rings. The van der Waals surface area contributed by atoms with E-state index in [2.05, 4.69) is 17.1 Å². The zero-order valence-corrected chi connectivity index (χ0v) is 16.9. The van der Waals surface area contributed by atoms with Crippen LogP contribution in [0.1, 0.15) is 25.0 Å². The van der Waals surface area contributed by atoms with Crippen molar-refractivity contribution in [2.75, 3.05) is 46.4 Å². The Bertz CT molecular complexity index is 788. The summed E-state index contributed by atoms with van der Waals surface area (Å²) in [5, 5.41) is 2.75. The van der Waals surface area contributed by atoms with Gasteiger partial charge in [0.15, 0.2) is 0 Å². The van der Waals surface area contributed by atoms with Crippen LogP contribution in [0.15, 0.2) is 18.2 Å². The largest absolute Gasteiger partial charge is 0.496 e. The van der Waals surface area contributed by atoms with E-state index >= 15 is 0 Å². The molecule has 8 heteroatoms. The SMILES string of the molecule is CCN1CCN(C(=O)CN2C(=O)NC(C)(c3ccc(OC)c(C)c3)C2=O)CC1. The molecule has 2 aliphatic heterocycles. The molecule has 0 aliphatic carbocycles. The Balaban J connectivity index is 1.72. The van der Waals surface area contributed by atoms with Crippen molar-refractivity contribution >= 4 is 17.8 Å². The number of nitrogens with one attached hydrogen (secondary N) is 1. The van der Waals surface area contributed by atoms with Crippen LogP contribution in [0.2, 0.25) is 0 Å². The summed E-state index contributed by atoms with van der Waals surface area (Å²) in [5.74, 6) is 0.0967. The van der Waals surface area contributed by atoms with E-state index in [-0.39, 0.29) is 12.5 Å². The summed E-state index contributed by atoms with van der Waals surface area (Å²) >= 11 is 0. The van der Waals surface area contributed by atoms with Gasteiger partial charge < -0.3 is 19.9 Å². The number of amides is 4. The number of rotatable bonds is 5. The molecule has 1 unspecified atom stereocenters. The first kappa shape index (κ1) is 20.1. The lowest BCUT2D eigenvalue weighted by atomic mass is 9.90. The smallest absolute Gasteiger partial charge is 0.325 e. The fourth-order valence-electron chi connectivity index (χ4n) is 3.77. The van der Waals surface area contributed by atoms with Gasteiger partial charge in [-0.15, -0.1) is 0 Å². The minimum Gasteiger partial charge on any atom is -0.496 e. The minimum atomic E-state index is -1.20. The molecule has 28 heavy (non-hydrogen) atoms. The van der Waals surface area contributed by atoms with E-state index in [9.17, 15) is 14.4 Å². The second-order valence-corrected chi connectivity index (χ2v) is 7.45. The van der Waals surface area contributed by atoms with Gasteiger partial charge in [-0.05, 0) is 43.7 Å². The molecule has 4 amide bonds. The maximum atomic E-state index is 13.1. The summed E-state index contributed by atoms with van der Waals surface area (Å²) < 4.78 is 5.26. The van der Waals surface area contributed by atoms with Crippen molar-refractivity contribution in [2.45, 2.75) is 26.3 Å². The Morgan fingerprint density at radius 2 is 1.89 bits per heavy atom. The van der Waals surface area contributed by atoms with Crippen molar-refractivity contribution in [3.05, 3.63) is 29.3 Å². The van der Waals surface area contributed by atoms with Crippen molar-refractivity contribution in [3.8, 4) is 5.75 Å². The first-order valence-corrected chi connectivity index (χ1v) is 9.59. The number of ether oxygens (including phenoxy) is 1. The quantitative estimate of drug-likeness (QED) is 0.759. The lowest BCUT2D eigenvalue weighted by molar-refractivity contribution is -0.139. The van der Waals surface area contributed by atoms with Gasteiger partial charge in [0.05, 0.1) is 7.11 Å². The van der Waals surface area contributed by atoms with E-state index in [1.807, 2.05) is 13.0 Å². The van der Waals surface area contributed by atoms with E-state index in [1.165, 1.54) is 0 Å². The van der Waals surface area contributed by atoms with E-state index in [1.54, 1.807) is 31.1 Å². The number of benzene rings is 1. The van der Waals surface area contributed by atoms with Crippen molar-refractivity contribution in [2.24, 2.45) is 0 Å². The molecule has 2 aliphatic rings. The van der Waals surface area contributed by atoms with Crippen molar-refractivity contribution in [3.63, 3.8) is 0 Å². The average Bonchev–Trinajstić information content (AvgIpc) is 2.92. The van der Waals surface area contributed by atoms with Gasteiger partial charge in [0.25, 0.3) is 5.91 Å². The Labute approximate surface area is 165 Å². The predicted octanol–water partition coefficient (Wildman–Crippen LogP) is 0.935. The Hall–Kier alpha value is -2.61. The highest BCUT2D eigenvalue weighted by Crippen LogP contribution is 2.31. The van der Waals surface area contributed by atoms with Crippen LogP contribution in [0.5, 0.6) is 5.75 Å². The van der Waals surface area contributed by atoms with E-state index in [0.29, 0.717) is 24.4 Å². The van der Waals surface area contributed by atoms with Gasteiger partial charge in [-0.3, -0.25) is 14.5 Å². The summed E-state index contributed by atoms with van der Waals surface area (Å²) in [6, 6.07) is 4.82. The number of nitrogens with zero attached hydrogens (tertiary/aromatic N) is 3. The van der Waals surface area contributed by atoms with E-state index in [4.69, 9.17) is 4.74 Å². The third-order valence-corrected chi connectivity index (χ3v) is 5.71. The van der Waals surface area contributed by atoms with Gasteiger partial charge in [0.2, 0.25) is 5.91 Å². The molecule has 0 bridgehead atoms. The second kappa shape index (κ2) is 7.79. The molecular weight excluding hydrogens is 360 g/mol. The first-order valence-electron chi connectivity index (χ1n) is 9.59. The molecule has 1 aromatic carbocycles. The zero-order chi connectivity index (χ0) is 20.5. The molecule has 152 valence electrons. The highest BCUT2D eigenvalue weighted by molar-refractivity contribution is 6.09. The molecule has 3 rings (SSSR count). The molecule has 0 aromatic heterocycles. The molecule has 0 spiro atoms. The van der Waals surface area contributed by atoms with Gasteiger partial charge in [-0.2, -0.15) is 0 Å². The summed E-state index contributed by atoms with van der Waals surface area (Å²) in [4.78, 5) is 43.2. The lowest BCUT2D eigenvalue weighted by Gasteiger charge is -2.34. The minimum absolute atomic E-state index is 0.200. The van der Waals surface area contributed by atoms with Crippen LogP contribution in [-0.4, -0.2) is 78.9 Å². The summed E-state index contributed by atoms with van der Waals surface area (Å²) in [6.45, 7) is 9.21. The highest BCUT2D eigenvalue weighted by Gasteiger charge is 2.49. The number of carbonyl (C=O) groups is 3. The van der Waals surface area contributed by atoms with Crippen molar-refractivity contribution < 1.29 is 19.1 Å². The molecule has 1 atom stereocenters. The molecule has 2 fully saturated rings. The van der Waals surface area contributed by atoms with Crippen LogP contribution in [0.25, 0.3) is 0 Å². The van der Waals surface area contributed by atoms with Gasteiger partial charge in [-0.1, -0.05) is 13.0 Å². The maximum absolute atomic E-state index is 13.1. The monoisotopic (exact) mass is 388 g/mol. The summed E-state index contributed by atoms with van der Waals surface area (Å²) in [6.07, 6.45) is 0. The van der Waals surface area contributed by atoms with E-state index in [0.717, 1.165) is 30.1 Å². The molecule has 0 radical (unpaired) electrons. The van der Waals surface area contributed by atoms with Crippen molar-refractivity contribution in [1.29, 1.82) is 0 Å². The van der Waals surface area contributed by atoms with Gasteiger partial charge in [0.1, 0.15) is 17.8 Å². The molecule has 2 saturated heterocycles. The number of hydrogen-bond acceptors (Lipinski definition) is 5. The number of urea groups is 1.